The van der Waals surface area contributed by atoms with Crippen molar-refractivity contribution in [1.29, 1.82) is 0 Å². The second-order valence-electron chi connectivity index (χ2n) is 3.60. The minimum atomic E-state index is -0.379. The Hall–Kier alpha value is -1.82. The highest BCUT2D eigenvalue weighted by atomic mass is 79.9. The van der Waals surface area contributed by atoms with Crippen LogP contribution >= 0.6 is 15.9 Å². The molecule has 6 heteroatoms. The Labute approximate surface area is 113 Å². The van der Waals surface area contributed by atoms with Gasteiger partial charge in [-0.25, -0.2) is 9.48 Å². The Bertz CT molecular complexity index is 580. The number of hydrogen-bond acceptors (Lipinski definition) is 4. The van der Waals surface area contributed by atoms with E-state index in [0.717, 1.165) is 10.2 Å². The molecule has 0 atom stereocenters. The third-order valence-electron chi connectivity index (χ3n) is 2.31. The molecule has 0 unspecified atom stereocenters. The third kappa shape index (κ3) is 2.53. The lowest BCUT2D eigenvalue weighted by Gasteiger charge is -2.04. The minimum Gasteiger partial charge on any atom is -0.462 e. The van der Waals surface area contributed by atoms with Crippen LogP contribution < -0.4 is 5.73 Å². The number of halogens is 1. The highest BCUT2D eigenvalue weighted by molar-refractivity contribution is 9.10. The van der Waals surface area contributed by atoms with E-state index >= 15 is 0 Å². The fraction of sp³-hybridized carbons (Fsp3) is 0.167. The second kappa shape index (κ2) is 5.22. The van der Waals surface area contributed by atoms with E-state index in [0.29, 0.717) is 17.9 Å². The summed E-state index contributed by atoms with van der Waals surface area (Å²) in [6.45, 7) is 2.11. The molecule has 18 heavy (non-hydrogen) atoms. The van der Waals surface area contributed by atoms with Crippen LogP contribution in [-0.2, 0) is 4.74 Å². The van der Waals surface area contributed by atoms with Gasteiger partial charge < -0.3 is 10.5 Å². The number of aromatic nitrogens is 2. The molecule has 2 aromatic rings. The molecule has 1 aromatic heterocycles. The van der Waals surface area contributed by atoms with Crippen molar-refractivity contribution in [2.24, 2.45) is 0 Å². The van der Waals surface area contributed by atoms with Crippen LogP contribution in [0.1, 0.15) is 17.3 Å². The number of ether oxygens (including phenoxy) is 1. The van der Waals surface area contributed by atoms with E-state index in [1.54, 1.807) is 29.9 Å². The number of nitrogen functional groups attached to an aromatic ring is 1. The Morgan fingerprint density at radius 1 is 1.56 bits per heavy atom. The van der Waals surface area contributed by atoms with Gasteiger partial charge in [0, 0.05) is 16.4 Å². The molecule has 0 aliphatic rings. The summed E-state index contributed by atoms with van der Waals surface area (Å²) in [5, 5.41) is 4.13. The fourth-order valence-corrected chi connectivity index (χ4v) is 2.06. The average molecular weight is 310 g/mol. The Morgan fingerprint density at radius 2 is 2.33 bits per heavy atom. The quantitative estimate of drug-likeness (QED) is 0.698. The SMILES string of the molecule is CCOC(=O)c1cnn(-c2ccc(N)cc2Br)c1. The number of rotatable bonds is 3. The summed E-state index contributed by atoms with van der Waals surface area (Å²) in [5.41, 5.74) is 7.54. The number of anilines is 1. The molecular weight excluding hydrogens is 298 g/mol. The van der Waals surface area contributed by atoms with Crippen molar-refractivity contribution in [3.8, 4) is 5.69 Å². The summed E-state index contributed by atoms with van der Waals surface area (Å²) in [7, 11) is 0. The number of hydrogen-bond donors (Lipinski definition) is 1. The maximum Gasteiger partial charge on any atom is 0.341 e. The fourth-order valence-electron chi connectivity index (χ4n) is 1.48. The van der Waals surface area contributed by atoms with E-state index in [1.165, 1.54) is 6.20 Å². The van der Waals surface area contributed by atoms with Gasteiger partial charge >= 0.3 is 5.97 Å². The van der Waals surface area contributed by atoms with E-state index < -0.39 is 0 Å². The molecule has 2 rings (SSSR count). The van der Waals surface area contributed by atoms with Crippen LogP contribution in [-0.4, -0.2) is 22.4 Å². The Balaban J connectivity index is 2.32. The predicted molar refractivity (Wildman–Crippen MR) is 71.6 cm³/mol. The first-order valence-corrected chi connectivity index (χ1v) is 6.18. The maximum absolute atomic E-state index is 11.5. The van der Waals surface area contributed by atoms with Crippen LogP contribution in [0.15, 0.2) is 35.1 Å². The van der Waals surface area contributed by atoms with E-state index in [1.807, 2.05) is 6.07 Å². The van der Waals surface area contributed by atoms with Crippen molar-refractivity contribution >= 4 is 27.6 Å². The van der Waals surface area contributed by atoms with Crippen molar-refractivity contribution < 1.29 is 9.53 Å². The molecule has 1 aromatic carbocycles. The summed E-state index contributed by atoms with van der Waals surface area (Å²) < 4.78 is 7.30. The predicted octanol–water partition coefficient (Wildman–Crippen LogP) is 2.39. The molecule has 0 bridgehead atoms. The molecule has 0 saturated heterocycles. The van der Waals surface area contributed by atoms with E-state index in [4.69, 9.17) is 10.5 Å². The molecule has 0 aliphatic carbocycles. The molecule has 1 heterocycles. The smallest absolute Gasteiger partial charge is 0.341 e. The van der Waals surface area contributed by atoms with Crippen molar-refractivity contribution in [2.75, 3.05) is 12.3 Å². The lowest BCUT2D eigenvalue weighted by molar-refractivity contribution is 0.0526. The summed E-state index contributed by atoms with van der Waals surface area (Å²) in [5.74, 6) is -0.379. The summed E-state index contributed by atoms with van der Waals surface area (Å²) in [6, 6.07) is 5.37. The first-order valence-electron chi connectivity index (χ1n) is 5.39. The molecule has 2 N–H and O–H groups in total. The molecule has 5 nitrogen and oxygen atoms in total. The molecule has 0 spiro atoms. The van der Waals surface area contributed by atoms with Gasteiger partial charge in [-0.2, -0.15) is 5.10 Å². The van der Waals surface area contributed by atoms with Crippen LogP contribution in [0.3, 0.4) is 0 Å². The summed E-state index contributed by atoms with van der Waals surface area (Å²) >= 11 is 3.40. The molecule has 0 saturated carbocycles. The zero-order valence-corrected chi connectivity index (χ0v) is 11.3. The topological polar surface area (TPSA) is 70.1 Å². The molecule has 0 radical (unpaired) electrons. The van der Waals surface area contributed by atoms with E-state index in [2.05, 4.69) is 21.0 Å². The van der Waals surface area contributed by atoms with Crippen LogP contribution in [0.4, 0.5) is 5.69 Å². The zero-order chi connectivity index (χ0) is 13.1. The highest BCUT2D eigenvalue weighted by Crippen LogP contribution is 2.23. The first kappa shape index (κ1) is 12.6. The van der Waals surface area contributed by atoms with Crippen LogP contribution in [0.5, 0.6) is 0 Å². The van der Waals surface area contributed by atoms with Gasteiger partial charge in [0.25, 0.3) is 0 Å². The van der Waals surface area contributed by atoms with E-state index in [-0.39, 0.29) is 5.97 Å². The van der Waals surface area contributed by atoms with Gasteiger partial charge in [-0.15, -0.1) is 0 Å². The maximum atomic E-state index is 11.5. The number of esters is 1. The number of carbonyl (C=O) groups excluding carboxylic acids is 1. The van der Waals surface area contributed by atoms with Gasteiger partial charge in [-0.05, 0) is 41.1 Å². The lowest BCUT2D eigenvalue weighted by atomic mass is 10.3. The van der Waals surface area contributed by atoms with Gasteiger partial charge in [0.15, 0.2) is 0 Å². The Morgan fingerprint density at radius 3 is 3.00 bits per heavy atom. The number of carbonyl (C=O) groups is 1. The molecular formula is C12H12BrN3O2. The number of nitrogens with two attached hydrogens (primary N) is 1. The van der Waals surface area contributed by atoms with Crippen LogP contribution in [0.2, 0.25) is 0 Å². The van der Waals surface area contributed by atoms with Gasteiger partial charge in [0.2, 0.25) is 0 Å². The summed E-state index contributed by atoms with van der Waals surface area (Å²) in [4.78, 5) is 11.5. The zero-order valence-electron chi connectivity index (χ0n) is 9.76. The first-order chi connectivity index (χ1) is 8.61. The average Bonchev–Trinajstić information content (AvgIpc) is 2.78. The normalized spacial score (nSPS) is 10.3. The molecule has 94 valence electrons. The van der Waals surface area contributed by atoms with Crippen molar-refractivity contribution in [2.45, 2.75) is 6.92 Å². The molecule has 0 amide bonds. The Kier molecular flexibility index (Phi) is 3.66. The summed E-state index contributed by atoms with van der Waals surface area (Å²) in [6.07, 6.45) is 3.09. The second-order valence-corrected chi connectivity index (χ2v) is 4.46. The number of nitrogens with zero attached hydrogens (tertiary/aromatic N) is 2. The monoisotopic (exact) mass is 309 g/mol. The number of benzene rings is 1. The lowest BCUT2D eigenvalue weighted by Crippen LogP contribution is -2.03. The van der Waals surface area contributed by atoms with Crippen LogP contribution in [0, 0.1) is 0 Å². The van der Waals surface area contributed by atoms with Crippen molar-refractivity contribution in [1.82, 2.24) is 9.78 Å². The van der Waals surface area contributed by atoms with Gasteiger partial charge in [0.05, 0.1) is 24.1 Å². The molecule has 0 fully saturated rings. The van der Waals surface area contributed by atoms with Gasteiger partial charge in [-0.1, -0.05) is 0 Å². The third-order valence-corrected chi connectivity index (χ3v) is 2.95. The van der Waals surface area contributed by atoms with Crippen molar-refractivity contribution in [3.63, 3.8) is 0 Å². The standard InChI is InChI=1S/C12H12BrN3O2/c1-2-18-12(17)8-6-15-16(7-8)11-4-3-9(14)5-10(11)13/h3-7H,2,14H2,1H3. The van der Waals surface area contributed by atoms with Gasteiger partial charge in [-0.3, -0.25) is 0 Å². The van der Waals surface area contributed by atoms with Gasteiger partial charge in [0.1, 0.15) is 0 Å². The largest absolute Gasteiger partial charge is 0.462 e. The highest BCUT2D eigenvalue weighted by Gasteiger charge is 2.11. The van der Waals surface area contributed by atoms with Crippen LogP contribution in [0.25, 0.3) is 5.69 Å². The molecule has 0 aliphatic heterocycles. The van der Waals surface area contributed by atoms with E-state index in [9.17, 15) is 4.79 Å². The minimum absolute atomic E-state index is 0.343. The van der Waals surface area contributed by atoms with Crippen molar-refractivity contribution in [3.05, 3.63) is 40.6 Å².